The van der Waals surface area contributed by atoms with Gasteiger partial charge in [-0.25, -0.2) is 0 Å². The van der Waals surface area contributed by atoms with Crippen molar-refractivity contribution in [1.29, 1.82) is 0 Å². The molecule has 0 heterocycles. The van der Waals surface area contributed by atoms with Gasteiger partial charge in [0, 0.05) is 11.6 Å². The third-order valence-electron chi connectivity index (χ3n) is 2.69. The van der Waals surface area contributed by atoms with Gasteiger partial charge in [0.15, 0.2) is 0 Å². The predicted octanol–water partition coefficient (Wildman–Crippen LogP) is 4.99. The standard InChI is InChI=1S/C15H11ClF4N2O2/c16-11-3-1-2-4-12(11)22-21-8-9-5-6-10(23-14(17)18)7-13(9)24-15(19)20/h1-8,14-15,22H/b21-8+. The van der Waals surface area contributed by atoms with E-state index in [9.17, 15) is 17.6 Å². The van der Waals surface area contributed by atoms with Crippen LogP contribution in [0.25, 0.3) is 0 Å². The molecule has 1 N–H and O–H groups in total. The number of ether oxygens (including phenoxy) is 2. The van der Waals surface area contributed by atoms with E-state index in [0.717, 1.165) is 6.07 Å². The van der Waals surface area contributed by atoms with Crippen LogP contribution in [-0.4, -0.2) is 19.4 Å². The molecule has 0 spiro atoms. The van der Waals surface area contributed by atoms with E-state index < -0.39 is 13.2 Å². The molecule has 2 aromatic rings. The molecule has 0 unspecified atom stereocenters. The average molecular weight is 363 g/mol. The molecule has 0 bridgehead atoms. The van der Waals surface area contributed by atoms with Gasteiger partial charge in [-0.2, -0.15) is 22.7 Å². The van der Waals surface area contributed by atoms with Gasteiger partial charge in [-0.1, -0.05) is 23.7 Å². The van der Waals surface area contributed by atoms with Crippen molar-refractivity contribution in [2.75, 3.05) is 5.43 Å². The van der Waals surface area contributed by atoms with E-state index in [1.54, 1.807) is 24.3 Å². The first-order chi connectivity index (χ1) is 11.5. The van der Waals surface area contributed by atoms with Crippen LogP contribution in [0, 0.1) is 0 Å². The van der Waals surface area contributed by atoms with Crippen molar-refractivity contribution in [3.05, 3.63) is 53.1 Å². The largest absolute Gasteiger partial charge is 0.435 e. The maximum Gasteiger partial charge on any atom is 0.387 e. The Balaban J connectivity index is 2.18. The molecule has 0 amide bonds. The molecule has 0 aromatic heterocycles. The quantitative estimate of drug-likeness (QED) is 0.429. The summed E-state index contributed by atoms with van der Waals surface area (Å²) in [5, 5.41) is 4.27. The summed E-state index contributed by atoms with van der Waals surface area (Å²) >= 11 is 5.93. The van der Waals surface area contributed by atoms with Crippen LogP contribution in [0.3, 0.4) is 0 Å². The number of hydrogen-bond acceptors (Lipinski definition) is 4. The van der Waals surface area contributed by atoms with Crippen LogP contribution < -0.4 is 14.9 Å². The van der Waals surface area contributed by atoms with E-state index in [2.05, 4.69) is 20.0 Å². The summed E-state index contributed by atoms with van der Waals surface area (Å²) in [4.78, 5) is 0. The summed E-state index contributed by atoms with van der Waals surface area (Å²) in [6.45, 7) is -6.21. The highest BCUT2D eigenvalue weighted by molar-refractivity contribution is 6.33. The zero-order valence-corrected chi connectivity index (χ0v) is 12.7. The summed E-state index contributed by atoms with van der Waals surface area (Å²) in [6.07, 6.45) is 1.19. The molecule has 4 nitrogen and oxygen atoms in total. The molecular weight excluding hydrogens is 352 g/mol. The Labute approximate surface area is 139 Å². The van der Waals surface area contributed by atoms with Gasteiger partial charge in [-0.15, -0.1) is 0 Å². The van der Waals surface area contributed by atoms with Gasteiger partial charge in [-0.05, 0) is 24.3 Å². The van der Waals surface area contributed by atoms with E-state index in [4.69, 9.17) is 11.6 Å². The molecule has 128 valence electrons. The monoisotopic (exact) mass is 362 g/mol. The van der Waals surface area contributed by atoms with Gasteiger partial charge in [0.1, 0.15) is 11.5 Å². The molecule has 0 atom stereocenters. The Bertz CT molecular complexity index is 714. The minimum atomic E-state index is -3.13. The summed E-state index contributed by atoms with van der Waals surface area (Å²) in [6, 6.07) is 10.1. The Morgan fingerprint density at radius 1 is 1.00 bits per heavy atom. The highest BCUT2D eigenvalue weighted by Crippen LogP contribution is 2.27. The van der Waals surface area contributed by atoms with Crippen LogP contribution in [0.2, 0.25) is 5.02 Å². The van der Waals surface area contributed by atoms with Crippen molar-refractivity contribution in [3.63, 3.8) is 0 Å². The van der Waals surface area contributed by atoms with Gasteiger partial charge < -0.3 is 9.47 Å². The summed E-state index contributed by atoms with van der Waals surface area (Å²) in [7, 11) is 0. The molecule has 0 radical (unpaired) electrons. The van der Waals surface area contributed by atoms with E-state index in [1.807, 2.05) is 0 Å². The topological polar surface area (TPSA) is 42.8 Å². The minimum Gasteiger partial charge on any atom is -0.435 e. The zero-order valence-electron chi connectivity index (χ0n) is 11.9. The van der Waals surface area contributed by atoms with Crippen molar-refractivity contribution < 1.29 is 27.0 Å². The second-order valence-electron chi connectivity index (χ2n) is 4.31. The Morgan fingerprint density at radius 3 is 2.38 bits per heavy atom. The Morgan fingerprint density at radius 2 is 1.71 bits per heavy atom. The molecule has 0 saturated carbocycles. The van der Waals surface area contributed by atoms with Crippen LogP contribution in [0.1, 0.15) is 5.56 Å². The van der Waals surface area contributed by atoms with Crippen molar-refractivity contribution in [2.24, 2.45) is 5.10 Å². The molecule has 0 aliphatic rings. The van der Waals surface area contributed by atoms with Crippen LogP contribution in [0.4, 0.5) is 23.2 Å². The molecule has 0 aliphatic carbocycles. The number of anilines is 1. The first-order valence-electron chi connectivity index (χ1n) is 6.53. The van der Waals surface area contributed by atoms with Crippen molar-refractivity contribution in [2.45, 2.75) is 13.2 Å². The molecule has 0 aliphatic heterocycles. The second kappa shape index (κ2) is 8.39. The number of halogens is 5. The number of nitrogens with zero attached hydrogens (tertiary/aromatic N) is 1. The average Bonchev–Trinajstić information content (AvgIpc) is 2.50. The van der Waals surface area contributed by atoms with Crippen molar-refractivity contribution in [1.82, 2.24) is 0 Å². The number of rotatable bonds is 7. The fraction of sp³-hybridized carbons (Fsp3) is 0.133. The maximum absolute atomic E-state index is 12.4. The molecular formula is C15H11ClF4N2O2. The van der Waals surface area contributed by atoms with Gasteiger partial charge in [0.25, 0.3) is 0 Å². The van der Waals surface area contributed by atoms with Crippen LogP contribution in [-0.2, 0) is 0 Å². The summed E-state index contributed by atoms with van der Waals surface area (Å²) in [5.74, 6) is -0.662. The van der Waals surface area contributed by atoms with Gasteiger partial charge in [0.2, 0.25) is 0 Å². The Kier molecular flexibility index (Phi) is 6.25. The SMILES string of the molecule is FC(F)Oc1ccc(/C=N/Nc2ccccc2Cl)c(OC(F)F)c1. The lowest BCUT2D eigenvalue weighted by atomic mass is 10.2. The highest BCUT2D eigenvalue weighted by Gasteiger charge is 2.12. The van der Waals surface area contributed by atoms with E-state index in [0.29, 0.717) is 10.7 Å². The first-order valence-corrected chi connectivity index (χ1v) is 6.91. The number of hydrogen-bond donors (Lipinski definition) is 1. The first kappa shape index (κ1) is 17.9. The zero-order chi connectivity index (χ0) is 17.5. The van der Waals surface area contributed by atoms with Crippen molar-refractivity contribution in [3.8, 4) is 11.5 Å². The molecule has 2 rings (SSSR count). The summed E-state index contributed by atoms with van der Waals surface area (Å²) in [5.41, 5.74) is 3.27. The number of para-hydroxylation sites is 1. The predicted molar refractivity (Wildman–Crippen MR) is 82.4 cm³/mol. The van der Waals surface area contributed by atoms with Crippen LogP contribution in [0.15, 0.2) is 47.6 Å². The highest BCUT2D eigenvalue weighted by atomic mass is 35.5. The number of hydrazone groups is 1. The number of alkyl halides is 4. The molecule has 0 saturated heterocycles. The number of benzene rings is 2. The smallest absolute Gasteiger partial charge is 0.387 e. The Hall–Kier alpha value is -2.48. The van der Waals surface area contributed by atoms with Crippen LogP contribution in [0.5, 0.6) is 11.5 Å². The lowest BCUT2D eigenvalue weighted by Gasteiger charge is -2.11. The van der Waals surface area contributed by atoms with Crippen molar-refractivity contribution >= 4 is 23.5 Å². The van der Waals surface area contributed by atoms with E-state index in [-0.39, 0.29) is 17.1 Å². The second-order valence-corrected chi connectivity index (χ2v) is 4.71. The lowest BCUT2D eigenvalue weighted by Crippen LogP contribution is -2.07. The summed E-state index contributed by atoms with van der Waals surface area (Å²) < 4.78 is 57.7. The molecule has 24 heavy (non-hydrogen) atoms. The molecule has 2 aromatic carbocycles. The lowest BCUT2D eigenvalue weighted by molar-refractivity contribution is -0.0543. The molecule has 0 fully saturated rings. The maximum atomic E-state index is 12.4. The normalized spacial score (nSPS) is 11.3. The van der Waals surface area contributed by atoms with E-state index in [1.165, 1.54) is 18.3 Å². The minimum absolute atomic E-state index is 0.136. The molecule has 9 heteroatoms. The third-order valence-corrected chi connectivity index (χ3v) is 3.02. The number of nitrogens with one attached hydrogen (secondary N) is 1. The fourth-order valence-electron chi connectivity index (χ4n) is 1.72. The van der Waals surface area contributed by atoms with Gasteiger partial charge in [0.05, 0.1) is 16.9 Å². The van der Waals surface area contributed by atoms with Crippen LogP contribution >= 0.6 is 11.6 Å². The third kappa shape index (κ3) is 5.31. The fourth-order valence-corrected chi connectivity index (χ4v) is 1.90. The van der Waals surface area contributed by atoms with Gasteiger partial charge >= 0.3 is 13.2 Å². The van der Waals surface area contributed by atoms with Gasteiger partial charge in [-0.3, -0.25) is 5.43 Å². The van der Waals surface area contributed by atoms with E-state index >= 15 is 0 Å².